The van der Waals surface area contributed by atoms with Crippen LogP contribution in [0.15, 0.2) is 23.0 Å². The van der Waals surface area contributed by atoms with Crippen LogP contribution in [0.4, 0.5) is 11.8 Å². The van der Waals surface area contributed by atoms with Crippen molar-refractivity contribution < 1.29 is 0 Å². The van der Waals surface area contributed by atoms with Crippen molar-refractivity contribution >= 4 is 40.7 Å². The normalized spacial score (nSPS) is 31.3. The highest BCUT2D eigenvalue weighted by molar-refractivity contribution is 6.37. The van der Waals surface area contributed by atoms with E-state index in [9.17, 15) is 4.79 Å². The van der Waals surface area contributed by atoms with Gasteiger partial charge in [-0.05, 0) is 51.0 Å². The number of piperidine rings is 1. The van der Waals surface area contributed by atoms with Gasteiger partial charge in [-0.1, -0.05) is 18.6 Å². The fourth-order valence-electron chi connectivity index (χ4n) is 5.12. The maximum Gasteiger partial charge on any atom is 0.264 e. The molecule has 158 valence electrons. The molecule has 1 aliphatic heterocycles. The molecule has 1 saturated carbocycles. The zero-order valence-electron chi connectivity index (χ0n) is 17.0. The van der Waals surface area contributed by atoms with E-state index < -0.39 is 10.3 Å². The molecule has 8 heteroatoms. The van der Waals surface area contributed by atoms with E-state index in [0.717, 1.165) is 32.4 Å². The Morgan fingerprint density at radius 3 is 2.59 bits per heavy atom. The Bertz CT molecular complexity index is 928. The number of nitrogens with two attached hydrogens (primary N) is 2. The fourth-order valence-corrected chi connectivity index (χ4v) is 5.54. The third-order valence-corrected chi connectivity index (χ3v) is 8.26. The van der Waals surface area contributed by atoms with Crippen LogP contribution in [0.25, 0.3) is 5.70 Å². The van der Waals surface area contributed by atoms with Crippen molar-refractivity contribution in [1.29, 1.82) is 0 Å². The van der Waals surface area contributed by atoms with Gasteiger partial charge in [0.05, 0.1) is 16.6 Å². The number of hydrogen-bond acceptors (Lipinski definition) is 5. The second kappa shape index (κ2) is 7.33. The summed E-state index contributed by atoms with van der Waals surface area (Å²) in [5, 5.41) is -0.454. The first-order valence-electron chi connectivity index (χ1n) is 10.3. The summed E-state index contributed by atoms with van der Waals surface area (Å²) in [5.41, 5.74) is 13.8. The number of halogens is 2. The maximum absolute atomic E-state index is 13.3. The third kappa shape index (κ3) is 3.29. The largest absolute Gasteiger partial charge is 0.369 e. The van der Waals surface area contributed by atoms with Gasteiger partial charge in [0.25, 0.3) is 5.56 Å². The molecule has 2 fully saturated rings. The molecule has 1 aromatic rings. The minimum atomic E-state index is -0.958. The van der Waals surface area contributed by atoms with Crippen LogP contribution < -0.4 is 21.9 Å². The summed E-state index contributed by atoms with van der Waals surface area (Å²) in [4.78, 5) is 19.1. The highest BCUT2D eigenvalue weighted by Gasteiger charge is 2.43. The minimum absolute atomic E-state index is 0.130. The Morgan fingerprint density at radius 2 is 1.97 bits per heavy atom. The number of aromatic nitrogens is 2. The SMILES string of the molecule is Cc1c(N2CCC3(CCC[C@H]3N)CC2)nc(N)n(C2=CC=CC(Cl)C2(C)Cl)c1=O. The van der Waals surface area contributed by atoms with Crippen LogP contribution in [-0.2, 0) is 0 Å². The van der Waals surface area contributed by atoms with E-state index in [2.05, 4.69) is 9.88 Å². The molecule has 1 spiro atoms. The summed E-state index contributed by atoms with van der Waals surface area (Å²) in [7, 11) is 0. The van der Waals surface area contributed by atoms with Gasteiger partial charge in [0.1, 0.15) is 10.7 Å². The Balaban J connectivity index is 1.66. The van der Waals surface area contributed by atoms with E-state index >= 15 is 0 Å². The molecule has 1 saturated heterocycles. The van der Waals surface area contributed by atoms with Crippen molar-refractivity contribution in [3.63, 3.8) is 0 Å². The van der Waals surface area contributed by atoms with Gasteiger partial charge < -0.3 is 16.4 Å². The first-order chi connectivity index (χ1) is 13.7. The molecule has 4 N–H and O–H groups in total. The summed E-state index contributed by atoms with van der Waals surface area (Å²) < 4.78 is 1.39. The fraction of sp³-hybridized carbons (Fsp3) is 0.619. The standard InChI is InChI=1S/C21H29Cl2N5O/c1-13-17(27-11-9-21(10-12-27)8-4-6-15(21)24)26-19(25)28(18(13)29)16-7-3-5-14(22)20(16,2)23/h3,5,7,14-15H,4,6,8-12,24H2,1-2H3,(H2,25,26)/t14?,15-,20?/m1/s1. The van der Waals surface area contributed by atoms with Crippen molar-refractivity contribution in [3.05, 3.63) is 34.1 Å². The van der Waals surface area contributed by atoms with Gasteiger partial charge in [-0.25, -0.2) is 4.57 Å². The van der Waals surface area contributed by atoms with E-state index in [1.807, 2.05) is 0 Å². The van der Waals surface area contributed by atoms with Gasteiger partial charge in [-0.3, -0.25) is 4.79 Å². The molecule has 3 aliphatic rings. The number of nitrogen functional groups attached to an aromatic ring is 1. The van der Waals surface area contributed by atoms with E-state index in [-0.39, 0.29) is 23.0 Å². The molecule has 2 aliphatic carbocycles. The Kier molecular flexibility index (Phi) is 5.24. The smallest absolute Gasteiger partial charge is 0.264 e. The molecule has 0 bridgehead atoms. The highest BCUT2D eigenvalue weighted by Crippen LogP contribution is 2.46. The third-order valence-electron chi connectivity index (χ3n) is 7.14. The molecule has 6 nitrogen and oxygen atoms in total. The maximum atomic E-state index is 13.3. The highest BCUT2D eigenvalue weighted by atomic mass is 35.5. The summed E-state index contributed by atoms with van der Waals surface area (Å²) in [5.74, 6) is 0.793. The molecule has 0 amide bonds. The topological polar surface area (TPSA) is 90.2 Å². The van der Waals surface area contributed by atoms with E-state index in [1.54, 1.807) is 32.1 Å². The predicted molar refractivity (Wildman–Crippen MR) is 121 cm³/mol. The average molecular weight is 438 g/mol. The zero-order chi connectivity index (χ0) is 21.0. The van der Waals surface area contributed by atoms with Gasteiger partial charge in [-0.15, -0.1) is 23.2 Å². The molecule has 2 heterocycles. The monoisotopic (exact) mass is 437 g/mol. The number of alkyl halides is 2. The molecule has 0 radical (unpaired) electrons. The average Bonchev–Trinajstić information content (AvgIpc) is 3.03. The summed E-state index contributed by atoms with van der Waals surface area (Å²) in [6.07, 6.45) is 11.0. The molecular formula is C21H29Cl2N5O. The lowest BCUT2D eigenvalue weighted by atomic mass is 9.74. The second-order valence-corrected chi connectivity index (χ2v) is 10.1. The number of rotatable bonds is 2. The minimum Gasteiger partial charge on any atom is -0.369 e. The predicted octanol–water partition coefficient (Wildman–Crippen LogP) is 3.25. The molecule has 3 atom stereocenters. The molecule has 0 aromatic carbocycles. The van der Waals surface area contributed by atoms with E-state index in [1.165, 1.54) is 17.4 Å². The molecule has 2 unspecified atom stereocenters. The van der Waals surface area contributed by atoms with Crippen LogP contribution in [0.2, 0.25) is 0 Å². The molecule has 29 heavy (non-hydrogen) atoms. The van der Waals surface area contributed by atoms with Crippen molar-refractivity contribution in [2.75, 3.05) is 23.7 Å². The van der Waals surface area contributed by atoms with Gasteiger partial charge in [0, 0.05) is 19.1 Å². The zero-order valence-corrected chi connectivity index (χ0v) is 18.5. The van der Waals surface area contributed by atoms with Crippen LogP contribution >= 0.6 is 23.2 Å². The second-order valence-electron chi connectivity index (χ2n) is 8.82. The van der Waals surface area contributed by atoms with Crippen LogP contribution in [0.3, 0.4) is 0 Å². The van der Waals surface area contributed by atoms with Crippen molar-refractivity contribution in [2.24, 2.45) is 11.1 Å². The summed E-state index contributed by atoms with van der Waals surface area (Å²) in [6, 6.07) is 0.285. The summed E-state index contributed by atoms with van der Waals surface area (Å²) >= 11 is 13.0. The Morgan fingerprint density at radius 1 is 1.28 bits per heavy atom. The van der Waals surface area contributed by atoms with Crippen LogP contribution in [0.5, 0.6) is 0 Å². The Hall–Kier alpha value is -1.50. The van der Waals surface area contributed by atoms with Gasteiger partial charge in [0.15, 0.2) is 0 Å². The number of allylic oxidation sites excluding steroid dienone is 4. The van der Waals surface area contributed by atoms with E-state index in [0.29, 0.717) is 17.1 Å². The quantitative estimate of drug-likeness (QED) is 0.692. The summed E-state index contributed by atoms with van der Waals surface area (Å²) in [6.45, 7) is 5.26. The van der Waals surface area contributed by atoms with Gasteiger partial charge in [-0.2, -0.15) is 4.98 Å². The van der Waals surface area contributed by atoms with Crippen LogP contribution in [0.1, 0.15) is 44.6 Å². The van der Waals surface area contributed by atoms with Crippen molar-refractivity contribution in [1.82, 2.24) is 9.55 Å². The lowest BCUT2D eigenvalue weighted by Gasteiger charge is -2.43. The first-order valence-corrected chi connectivity index (χ1v) is 11.1. The van der Waals surface area contributed by atoms with Crippen molar-refractivity contribution in [2.45, 2.75) is 62.2 Å². The van der Waals surface area contributed by atoms with Gasteiger partial charge in [0.2, 0.25) is 5.95 Å². The lowest BCUT2D eigenvalue weighted by molar-refractivity contribution is 0.197. The molecule has 1 aromatic heterocycles. The van der Waals surface area contributed by atoms with Crippen LogP contribution in [0, 0.1) is 12.3 Å². The van der Waals surface area contributed by atoms with Crippen LogP contribution in [-0.4, -0.2) is 38.9 Å². The van der Waals surface area contributed by atoms with Crippen molar-refractivity contribution in [3.8, 4) is 0 Å². The number of nitrogens with zero attached hydrogens (tertiary/aromatic N) is 3. The lowest BCUT2D eigenvalue weighted by Crippen LogP contribution is -2.48. The number of anilines is 2. The number of hydrogen-bond donors (Lipinski definition) is 2. The van der Waals surface area contributed by atoms with E-state index in [4.69, 9.17) is 34.7 Å². The molecular weight excluding hydrogens is 409 g/mol. The molecule has 4 rings (SSSR count). The Labute approximate surface area is 181 Å². The first kappa shape index (κ1) is 20.8. The van der Waals surface area contributed by atoms with Gasteiger partial charge >= 0.3 is 0 Å².